The molecule has 0 radical (unpaired) electrons. The van der Waals surface area contributed by atoms with Gasteiger partial charge in [-0.3, -0.25) is 47.5 Å². The molecule has 15 heterocycles. The van der Waals surface area contributed by atoms with Crippen molar-refractivity contribution < 1.29 is 0 Å². The van der Waals surface area contributed by atoms with E-state index in [0.717, 1.165) is 197 Å². The molecule has 0 atom stereocenters. The number of pyridine rings is 3. The summed E-state index contributed by atoms with van der Waals surface area (Å²) in [6.07, 6.45) is 21.6. The van der Waals surface area contributed by atoms with Crippen molar-refractivity contribution in [2.75, 3.05) is 199 Å². The van der Waals surface area contributed by atoms with Gasteiger partial charge in [-0.2, -0.15) is 40.8 Å². The number of nitrogens with one attached hydrogen (secondary N) is 6. The fourth-order valence-corrected chi connectivity index (χ4v) is 15.8. The number of benzene rings is 3. The molecule has 0 saturated carbocycles. The van der Waals surface area contributed by atoms with Crippen molar-refractivity contribution in [3.63, 3.8) is 0 Å². The first-order valence-electron chi connectivity index (χ1n) is 46.8. The van der Waals surface area contributed by atoms with Gasteiger partial charge in [0.1, 0.15) is 52.6 Å². The van der Waals surface area contributed by atoms with Crippen LogP contribution in [0, 0.1) is 0 Å². The van der Waals surface area contributed by atoms with E-state index >= 15 is 0 Å². The number of likely N-dealkylation sites (N-methyl/N-ethyl adjacent to an activating group) is 6. The maximum atomic E-state index is 5.49. The molecule has 9 aromatic heterocycles. The van der Waals surface area contributed by atoms with Gasteiger partial charge in [-0.05, 0) is 201 Å². The van der Waals surface area contributed by atoms with E-state index in [0.29, 0.717) is 93.6 Å². The number of hydrazone groups is 6. The standard InChI is InChI=1S/3C17H20N6S.3C16H19N7S/c1-22-10-12-23(13-11-22)17(24)21-20-15(14-6-3-2-4-7-14)16-18-8-5-9-19-16;1-22-10-12-23(13-11-22)17(24)21-20-16(14-6-3-2-4-7-14)15-8-5-9-18-19-15;1-22-9-11-23(12-10-22)17(24)21-20-16(14-5-3-2-4-6-14)15-7-8-18-13-19-15;1-22-9-11-23(12-10-22)16(24)21-20-15(13-5-2-3-7-17-13)14-6-4-8-18-19-14;1-22-9-11-23(12-10-22)16(24)21-20-14(13-5-2-3-6-17-13)15-18-7-4-8-19-15;1-22-8-10-23(11-9-22)16(24)21-20-15(13-4-2-3-6-18-13)14-5-7-17-12-19-14/h2*2-9H,10-13H2,1H3,(H,21,24);2-8,13H,9-12H2,1H3,(H,21,24);2*2-8H,9-12H2,1H3,(H,21,24);2-7,12H,8-11H2,1H3,(H,21,24)/b20-15-;2*20-16-;20-15-;20-14-;20-15-. The van der Waals surface area contributed by atoms with Crippen LogP contribution in [0.4, 0.5) is 0 Å². The molecule has 6 saturated heterocycles. The minimum absolute atomic E-state index is 0.505. The van der Waals surface area contributed by atoms with Gasteiger partial charge in [-0.25, -0.2) is 39.9 Å². The Morgan fingerprint density at radius 3 is 0.722 bits per heavy atom. The van der Waals surface area contributed by atoms with Crippen LogP contribution in [0.25, 0.3) is 0 Å². The van der Waals surface area contributed by atoms with Crippen molar-refractivity contribution in [1.29, 1.82) is 0 Å². The highest BCUT2D eigenvalue weighted by Gasteiger charge is 2.26. The van der Waals surface area contributed by atoms with Crippen LogP contribution in [0.2, 0.25) is 0 Å². The number of piperazine rings is 6. The molecule has 0 spiro atoms. The lowest BCUT2D eigenvalue weighted by atomic mass is 10.1. The van der Waals surface area contributed by atoms with Crippen molar-refractivity contribution in [3.8, 4) is 0 Å². The number of thiocarbonyl (C=S) groups is 6. The molecule has 39 nitrogen and oxygen atoms in total. The van der Waals surface area contributed by atoms with E-state index in [1.807, 2.05) is 176 Å². The molecular formula is C99H117N39S6. The average Bonchev–Trinajstić information content (AvgIpc) is 0.857. The highest BCUT2D eigenvalue weighted by atomic mass is 32.1. The maximum Gasteiger partial charge on any atom is 0.189 e. The molecule has 18 rings (SSSR count). The first-order chi connectivity index (χ1) is 70.4. The van der Waals surface area contributed by atoms with Crippen molar-refractivity contribution in [2.45, 2.75) is 0 Å². The molecule has 144 heavy (non-hydrogen) atoms. The predicted octanol–water partition coefficient (Wildman–Crippen LogP) is 6.29. The van der Waals surface area contributed by atoms with Gasteiger partial charge in [0.05, 0.1) is 28.5 Å². The minimum atomic E-state index is 0.505. The summed E-state index contributed by atoms with van der Waals surface area (Å²) in [4.78, 5) is 73.2. The number of hydrogen-bond acceptors (Lipinski definition) is 33. The molecule has 0 aliphatic carbocycles. The second-order valence-electron chi connectivity index (χ2n) is 33.3. The second kappa shape index (κ2) is 58.2. The lowest BCUT2D eigenvalue weighted by molar-refractivity contribution is 0.214. The summed E-state index contributed by atoms with van der Waals surface area (Å²) in [7, 11) is 12.7. The molecule has 6 aliphatic heterocycles. The summed E-state index contributed by atoms with van der Waals surface area (Å²) >= 11 is 32.8. The molecule has 6 aliphatic rings. The molecule has 0 bridgehead atoms. The summed E-state index contributed by atoms with van der Waals surface area (Å²) in [6, 6.07) is 61.2. The van der Waals surface area contributed by atoms with Gasteiger partial charge in [-0.15, -0.1) is 10.2 Å². The fraction of sp³-hybridized carbons (Fsp3) is 0.303. The summed E-state index contributed by atoms with van der Waals surface area (Å²) in [5.41, 5.74) is 29.8. The van der Waals surface area contributed by atoms with E-state index in [1.54, 1.807) is 86.4 Å². The van der Waals surface area contributed by atoms with Crippen molar-refractivity contribution in [2.24, 2.45) is 30.6 Å². The summed E-state index contributed by atoms with van der Waals surface area (Å²) in [5, 5.41) is 46.9. The fourth-order valence-electron chi connectivity index (χ4n) is 14.5. The number of nitrogens with zero attached hydrogens (tertiary/aromatic N) is 33. The van der Waals surface area contributed by atoms with E-state index in [4.69, 9.17) is 73.3 Å². The van der Waals surface area contributed by atoms with Crippen molar-refractivity contribution >= 4 is 138 Å². The lowest BCUT2D eigenvalue weighted by Crippen LogP contribution is -2.49. The minimum Gasteiger partial charge on any atom is -0.345 e. The lowest BCUT2D eigenvalue weighted by Gasteiger charge is -2.33. The predicted molar refractivity (Wildman–Crippen MR) is 587 cm³/mol. The highest BCUT2D eigenvalue weighted by Crippen LogP contribution is 2.16. The SMILES string of the molecule is CN1CCN(C(=S)N/N=C(/c2ccccc2)c2cccnn2)CC1.CN1CCN(C(=S)N/N=C(/c2ccccc2)c2ccncn2)CC1.CN1CCN(C(=S)N/N=C(/c2ccccc2)c2ncccn2)CC1.CN1CCN(C(=S)N/N=C(/c2ccccn2)c2cccnn2)CC1.CN1CCN(C(=S)N/N=C(/c2ccccn2)c2ccncn2)CC1.CN1CCN(C(=S)N/N=C(/c2ccccn2)c2ncccn2)CC1. The van der Waals surface area contributed by atoms with Crippen LogP contribution in [0.5, 0.6) is 0 Å². The molecule has 6 N–H and O–H groups in total. The Kier molecular flexibility index (Phi) is 43.2. The molecule has 0 unspecified atom stereocenters. The Morgan fingerprint density at radius 1 is 0.208 bits per heavy atom. The summed E-state index contributed by atoms with van der Waals surface area (Å²) in [6.45, 7) is 22.7. The Morgan fingerprint density at radius 2 is 0.438 bits per heavy atom. The third-order valence-electron chi connectivity index (χ3n) is 23.0. The van der Waals surface area contributed by atoms with E-state index in [-0.39, 0.29) is 0 Å². The van der Waals surface area contributed by atoms with Crippen LogP contribution >= 0.6 is 73.3 Å². The van der Waals surface area contributed by atoms with Gasteiger partial charge >= 0.3 is 0 Å². The van der Waals surface area contributed by atoms with Crippen molar-refractivity contribution in [3.05, 3.63) is 343 Å². The van der Waals surface area contributed by atoms with Crippen LogP contribution in [0.15, 0.2) is 306 Å². The zero-order valence-electron chi connectivity index (χ0n) is 81.2. The quantitative estimate of drug-likeness (QED) is 0.0312. The monoisotopic (exact) mass is 2040 g/mol. The molecule has 45 heteroatoms. The Balaban J connectivity index is 0.000000145. The average molecular weight is 2050 g/mol. The first-order valence-corrected chi connectivity index (χ1v) is 49.3. The van der Waals surface area contributed by atoms with Gasteiger partial charge < -0.3 is 58.8 Å². The molecule has 744 valence electrons. The molecule has 6 fully saturated rings. The Bertz CT molecular complexity index is 4900. The maximum absolute atomic E-state index is 5.49. The largest absolute Gasteiger partial charge is 0.345 e. The second-order valence-corrected chi connectivity index (χ2v) is 35.6. The number of aromatic nitrogens is 15. The van der Waals surface area contributed by atoms with Gasteiger partial charge in [0, 0.05) is 242 Å². The Labute approximate surface area is 871 Å². The smallest absolute Gasteiger partial charge is 0.189 e. The zero-order valence-corrected chi connectivity index (χ0v) is 86.1. The van der Waals surface area contributed by atoms with Gasteiger partial charge in [0.15, 0.2) is 48.0 Å². The molecule has 3 aromatic carbocycles. The van der Waals surface area contributed by atoms with Crippen LogP contribution in [0.3, 0.4) is 0 Å². The Hall–Kier alpha value is -14.5. The van der Waals surface area contributed by atoms with E-state index in [2.05, 4.69) is 239 Å². The van der Waals surface area contributed by atoms with Gasteiger partial charge in [0.2, 0.25) is 0 Å². The zero-order chi connectivity index (χ0) is 101. The topological polar surface area (TPSA) is 379 Å². The summed E-state index contributed by atoms with van der Waals surface area (Å²) in [5.74, 6) is 1.07. The van der Waals surface area contributed by atoms with Crippen LogP contribution in [-0.4, -0.2) is 398 Å². The van der Waals surface area contributed by atoms with E-state index < -0.39 is 0 Å². The van der Waals surface area contributed by atoms with Gasteiger partial charge in [0.25, 0.3) is 0 Å². The third-order valence-corrected chi connectivity index (χ3v) is 25.1. The molecule has 0 amide bonds. The number of rotatable bonds is 18. The van der Waals surface area contributed by atoms with Crippen LogP contribution in [0.1, 0.15) is 68.2 Å². The van der Waals surface area contributed by atoms with E-state index in [9.17, 15) is 0 Å². The highest BCUT2D eigenvalue weighted by molar-refractivity contribution is 7.81. The van der Waals surface area contributed by atoms with Crippen molar-refractivity contribution in [1.82, 2.24) is 167 Å². The molecule has 12 aromatic rings. The first kappa shape index (κ1) is 107. The summed E-state index contributed by atoms with van der Waals surface area (Å²) < 4.78 is 0. The van der Waals surface area contributed by atoms with Crippen LogP contribution < -0.4 is 32.6 Å². The third kappa shape index (κ3) is 34.4. The number of hydrogen-bond donors (Lipinski definition) is 6. The van der Waals surface area contributed by atoms with Crippen LogP contribution in [-0.2, 0) is 0 Å². The molecular weight excluding hydrogens is 1930 g/mol. The van der Waals surface area contributed by atoms with Gasteiger partial charge in [-0.1, -0.05) is 109 Å². The van der Waals surface area contributed by atoms with E-state index in [1.165, 1.54) is 12.7 Å². The normalized spacial score (nSPS) is 16.0.